The monoisotopic (exact) mass is 241 g/mol. The van der Waals surface area contributed by atoms with Crippen LogP contribution in [0.15, 0.2) is 18.2 Å². The SMILES string of the molecule is CN(C)c1nc(Cl)nc2ccc(Cl)cc12. The molecule has 2 aromatic rings. The van der Waals surface area contributed by atoms with E-state index in [2.05, 4.69) is 9.97 Å². The first-order chi connectivity index (χ1) is 7.08. The highest BCUT2D eigenvalue weighted by Crippen LogP contribution is 2.26. The molecule has 5 heteroatoms. The van der Waals surface area contributed by atoms with Gasteiger partial charge in [-0.2, -0.15) is 4.98 Å². The van der Waals surface area contributed by atoms with E-state index in [0.29, 0.717) is 5.02 Å². The third kappa shape index (κ3) is 1.98. The van der Waals surface area contributed by atoms with Gasteiger partial charge in [0.2, 0.25) is 5.28 Å². The lowest BCUT2D eigenvalue weighted by atomic mass is 10.2. The summed E-state index contributed by atoms with van der Waals surface area (Å²) in [4.78, 5) is 10.2. The average molecular weight is 242 g/mol. The molecule has 0 fully saturated rings. The normalized spacial score (nSPS) is 10.7. The molecule has 0 spiro atoms. The molecule has 2 rings (SSSR count). The van der Waals surface area contributed by atoms with Crippen LogP contribution in [0.25, 0.3) is 10.9 Å². The zero-order valence-electron chi connectivity index (χ0n) is 8.33. The zero-order chi connectivity index (χ0) is 11.0. The number of hydrogen-bond donors (Lipinski definition) is 0. The third-order valence-electron chi connectivity index (χ3n) is 2.03. The summed E-state index contributed by atoms with van der Waals surface area (Å²) in [5.41, 5.74) is 0.795. The van der Waals surface area contributed by atoms with Crippen LogP contribution in [-0.2, 0) is 0 Å². The lowest BCUT2D eigenvalue weighted by Crippen LogP contribution is -2.11. The van der Waals surface area contributed by atoms with E-state index in [1.807, 2.05) is 31.1 Å². The second kappa shape index (κ2) is 3.83. The van der Waals surface area contributed by atoms with Crippen LogP contribution in [0.2, 0.25) is 10.3 Å². The average Bonchev–Trinajstić information content (AvgIpc) is 2.17. The molecule has 0 amide bonds. The zero-order valence-corrected chi connectivity index (χ0v) is 9.84. The number of anilines is 1. The molecular formula is C10H9Cl2N3. The molecule has 1 heterocycles. The maximum atomic E-state index is 5.93. The van der Waals surface area contributed by atoms with Crippen LogP contribution in [-0.4, -0.2) is 24.1 Å². The summed E-state index contributed by atoms with van der Waals surface area (Å²) in [5.74, 6) is 0.771. The Labute approximate surface area is 97.6 Å². The van der Waals surface area contributed by atoms with Crippen molar-refractivity contribution in [1.82, 2.24) is 9.97 Å². The molecular weight excluding hydrogens is 233 g/mol. The van der Waals surface area contributed by atoms with E-state index >= 15 is 0 Å². The summed E-state index contributed by atoms with van der Waals surface area (Å²) in [6.07, 6.45) is 0. The predicted molar refractivity (Wildman–Crippen MR) is 63.9 cm³/mol. The molecule has 0 atom stereocenters. The molecule has 0 aliphatic carbocycles. The number of nitrogens with zero attached hydrogens (tertiary/aromatic N) is 3. The first kappa shape index (κ1) is 10.5. The van der Waals surface area contributed by atoms with Gasteiger partial charge >= 0.3 is 0 Å². The number of hydrogen-bond acceptors (Lipinski definition) is 3. The first-order valence-corrected chi connectivity index (χ1v) is 5.13. The fourth-order valence-electron chi connectivity index (χ4n) is 1.40. The van der Waals surface area contributed by atoms with Crippen molar-refractivity contribution in [2.24, 2.45) is 0 Å². The molecule has 0 bridgehead atoms. The molecule has 0 radical (unpaired) electrons. The maximum absolute atomic E-state index is 5.93. The summed E-state index contributed by atoms with van der Waals surface area (Å²) in [5, 5.41) is 1.81. The molecule has 0 unspecified atom stereocenters. The molecule has 0 aliphatic rings. The molecule has 0 saturated carbocycles. The summed E-state index contributed by atoms with van der Waals surface area (Å²) in [6.45, 7) is 0. The van der Waals surface area contributed by atoms with Crippen LogP contribution in [0.3, 0.4) is 0 Å². The summed E-state index contributed by atoms with van der Waals surface area (Å²) < 4.78 is 0. The topological polar surface area (TPSA) is 29.0 Å². The van der Waals surface area contributed by atoms with Crippen LogP contribution in [0.4, 0.5) is 5.82 Å². The fourth-order valence-corrected chi connectivity index (χ4v) is 1.74. The number of aromatic nitrogens is 2. The van der Waals surface area contributed by atoms with Gasteiger partial charge in [-0.3, -0.25) is 0 Å². The molecule has 15 heavy (non-hydrogen) atoms. The van der Waals surface area contributed by atoms with Gasteiger partial charge in [0.1, 0.15) is 5.82 Å². The fraction of sp³-hybridized carbons (Fsp3) is 0.200. The predicted octanol–water partition coefficient (Wildman–Crippen LogP) is 3.00. The first-order valence-electron chi connectivity index (χ1n) is 4.38. The minimum Gasteiger partial charge on any atom is -0.362 e. The van der Waals surface area contributed by atoms with Gasteiger partial charge in [-0.1, -0.05) is 11.6 Å². The Kier molecular flexibility index (Phi) is 2.67. The number of benzene rings is 1. The van der Waals surface area contributed by atoms with Gasteiger partial charge in [0, 0.05) is 24.5 Å². The molecule has 1 aromatic heterocycles. The maximum Gasteiger partial charge on any atom is 0.224 e. The Morgan fingerprint density at radius 2 is 1.87 bits per heavy atom. The Bertz CT molecular complexity index is 511. The van der Waals surface area contributed by atoms with Gasteiger partial charge in [-0.15, -0.1) is 0 Å². The van der Waals surface area contributed by atoms with Crippen molar-refractivity contribution in [2.45, 2.75) is 0 Å². The highest BCUT2D eigenvalue weighted by atomic mass is 35.5. The summed E-state index contributed by atoms with van der Waals surface area (Å²) in [7, 11) is 3.80. The summed E-state index contributed by atoms with van der Waals surface area (Å²) in [6, 6.07) is 5.45. The van der Waals surface area contributed by atoms with Crippen LogP contribution >= 0.6 is 23.2 Å². The standard InChI is InChI=1S/C10H9Cl2N3/c1-15(2)9-7-5-6(11)3-4-8(7)13-10(12)14-9/h3-5H,1-2H3. The van der Waals surface area contributed by atoms with Crippen LogP contribution in [0.1, 0.15) is 0 Å². The second-order valence-electron chi connectivity index (χ2n) is 3.37. The minimum atomic E-state index is 0.244. The Balaban J connectivity index is 2.81. The third-order valence-corrected chi connectivity index (χ3v) is 2.44. The summed E-state index contributed by atoms with van der Waals surface area (Å²) >= 11 is 11.8. The minimum absolute atomic E-state index is 0.244. The number of fused-ring (bicyclic) bond motifs is 1. The highest BCUT2D eigenvalue weighted by Gasteiger charge is 2.08. The smallest absolute Gasteiger partial charge is 0.224 e. The van der Waals surface area contributed by atoms with E-state index in [0.717, 1.165) is 16.7 Å². The van der Waals surface area contributed by atoms with Crippen molar-refractivity contribution in [3.05, 3.63) is 28.5 Å². The highest BCUT2D eigenvalue weighted by molar-refractivity contribution is 6.31. The number of rotatable bonds is 1. The van der Waals surface area contributed by atoms with Gasteiger partial charge in [-0.05, 0) is 29.8 Å². The van der Waals surface area contributed by atoms with E-state index in [1.165, 1.54) is 0 Å². The van der Waals surface area contributed by atoms with Crippen LogP contribution < -0.4 is 4.90 Å². The molecule has 0 N–H and O–H groups in total. The molecule has 0 saturated heterocycles. The van der Waals surface area contributed by atoms with Crippen molar-refractivity contribution in [2.75, 3.05) is 19.0 Å². The van der Waals surface area contributed by atoms with E-state index in [9.17, 15) is 0 Å². The van der Waals surface area contributed by atoms with Crippen molar-refractivity contribution < 1.29 is 0 Å². The lowest BCUT2D eigenvalue weighted by Gasteiger charge is -2.13. The van der Waals surface area contributed by atoms with E-state index in [4.69, 9.17) is 23.2 Å². The van der Waals surface area contributed by atoms with Gasteiger partial charge < -0.3 is 4.90 Å². The van der Waals surface area contributed by atoms with Gasteiger partial charge in [-0.25, -0.2) is 4.98 Å². The molecule has 3 nitrogen and oxygen atoms in total. The van der Waals surface area contributed by atoms with Gasteiger partial charge in [0.15, 0.2) is 0 Å². The van der Waals surface area contributed by atoms with Crippen molar-refractivity contribution in [1.29, 1.82) is 0 Å². The Hall–Kier alpha value is -1.06. The van der Waals surface area contributed by atoms with Crippen LogP contribution in [0, 0.1) is 0 Å². The van der Waals surface area contributed by atoms with Crippen LogP contribution in [0.5, 0.6) is 0 Å². The van der Waals surface area contributed by atoms with Crippen molar-refractivity contribution in [3.63, 3.8) is 0 Å². The van der Waals surface area contributed by atoms with E-state index in [-0.39, 0.29) is 5.28 Å². The van der Waals surface area contributed by atoms with E-state index < -0.39 is 0 Å². The Morgan fingerprint density at radius 3 is 2.53 bits per heavy atom. The Morgan fingerprint density at radius 1 is 1.13 bits per heavy atom. The van der Waals surface area contributed by atoms with Gasteiger partial charge in [0.25, 0.3) is 0 Å². The number of halogens is 2. The lowest BCUT2D eigenvalue weighted by molar-refractivity contribution is 1.06. The van der Waals surface area contributed by atoms with Crippen molar-refractivity contribution >= 4 is 39.9 Å². The van der Waals surface area contributed by atoms with Crippen molar-refractivity contribution in [3.8, 4) is 0 Å². The molecule has 78 valence electrons. The van der Waals surface area contributed by atoms with E-state index in [1.54, 1.807) is 6.07 Å². The van der Waals surface area contributed by atoms with Gasteiger partial charge in [0.05, 0.1) is 5.52 Å². The quantitative estimate of drug-likeness (QED) is 0.720. The molecule has 1 aromatic carbocycles. The molecule has 0 aliphatic heterocycles. The largest absolute Gasteiger partial charge is 0.362 e. The second-order valence-corrected chi connectivity index (χ2v) is 4.15.